The molecule has 1 aliphatic heterocycles. The molecule has 0 bridgehead atoms. The molecule has 0 radical (unpaired) electrons. The summed E-state index contributed by atoms with van der Waals surface area (Å²) in [5.74, 6) is 1.53. The van der Waals surface area contributed by atoms with Crippen LogP contribution in [0.5, 0.6) is 5.75 Å². The highest BCUT2D eigenvalue weighted by Crippen LogP contribution is 2.40. The highest BCUT2D eigenvalue weighted by Gasteiger charge is 2.31. The minimum absolute atomic E-state index is 0.120. The average Bonchev–Trinajstić information content (AvgIpc) is 3.35. The second-order valence-corrected chi connectivity index (χ2v) is 9.91. The maximum Gasteiger partial charge on any atom is 0.229 e. The molecular formula is C27H28ClN7O2. The standard InChI is InChI=1S/C27H28ClN7O2/c1-27(2)13-12-24(36)33(3)23-11-10-18(14-21(23)27)31-26-29-16-22(28)25(32-26)35(19-8-6-5-7-9-19)34-17-20(37-4)15-30-34/h5-11,14-17H,12-13H2,1-4H3,(H,29,31,32). The Morgan fingerprint density at radius 3 is 2.65 bits per heavy atom. The molecular weight excluding hydrogens is 490 g/mol. The van der Waals surface area contributed by atoms with E-state index in [1.807, 2.05) is 49.5 Å². The van der Waals surface area contributed by atoms with Gasteiger partial charge in [0.2, 0.25) is 11.9 Å². The second kappa shape index (κ2) is 9.74. The molecule has 0 unspecified atom stereocenters. The van der Waals surface area contributed by atoms with Gasteiger partial charge in [-0.3, -0.25) is 4.79 Å². The number of benzene rings is 2. The maximum absolute atomic E-state index is 12.5. The van der Waals surface area contributed by atoms with Crippen molar-refractivity contribution in [3.8, 4) is 5.75 Å². The molecule has 1 aliphatic rings. The monoisotopic (exact) mass is 517 g/mol. The van der Waals surface area contributed by atoms with Gasteiger partial charge in [0, 0.05) is 24.8 Å². The Bertz CT molecular complexity index is 1440. The average molecular weight is 518 g/mol. The van der Waals surface area contributed by atoms with Crippen LogP contribution in [-0.2, 0) is 10.2 Å². The van der Waals surface area contributed by atoms with Crippen LogP contribution in [0.25, 0.3) is 0 Å². The molecule has 0 aliphatic carbocycles. The first kappa shape index (κ1) is 24.6. The van der Waals surface area contributed by atoms with Gasteiger partial charge in [0.25, 0.3) is 0 Å². The first-order chi connectivity index (χ1) is 17.8. The maximum atomic E-state index is 12.5. The quantitative estimate of drug-likeness (QED) is 0.350. The Morgan fingerprint density at radius 1 is 1.14 bits per heavy atom. The number of amides is 1. The molecule has 0 fully saturated rings. The lowest BCUT2D eigenvalue weighted by molar-refractivity contribution is -0.118. The number of methoxy groups -OCH3 is 1. The zero-order chi connectivity index (χ0) is 26.2. The van der Waals surface area contributed by atoms with Crippen LogP contribution in [0.3, 0.4) is 0 Å². The smallest absolute Gasteiger partial charge is 0.229 e. The van der Waals surface area contributed by atoms with E-state index >= 15 is 0 Å². The Morgan fingerprint density at radius 2 is 1.92 bits per heavy atom. The van der Waals surface area contributed by atoms with E-state index < -0.39 is 0 Å². The second-order valence-electron chi connectivity index (χ2n) is 9.51. The van der Waals surface area contributed by atoms with Gasteiger partial charge in [0.15, 0.2) is 11.6 Å². The number of carbonyl (C=O) groups excluding carboxylic acids is 1. The molecule has 10 heteroatoms. The summed E-state index contributed by atoms with van der Waals surface area (Å²) in [4.78, 5) is 25.0. The zero-order valence-corrected chi connectivity index (χ0v) is 21.9. The van der Waals surface area contributed by atoms with Crippen molar-refractivity contribution in [2.45, 2.75) is 32.1 Å². The molecule has 5 rings (SSSR count). The van der Waals surface area contributed by atoms with E-state index in [-0.39, 0.29) is 11.3 Å². The number of hydrogen-bond donors (Lipinski definition) is 1. The number of rotatable bonds is 6. The Hall–Kier alpha value is -4.11. The number of nitrogens with one attached hydrogen (secondary N) is 1. The third-order valence-corrected chi connectivity index (χ3v) is 6.86. The fraction of sp³-hybridized carbons (Fsp3) is 0.259. The number of fused-ring (bicyclic) bond motifs is 1. The van der Waals surface area contributed by atoms with Gasteiger partial charge in [-0.15, -0.1) is 0 Å². The van der Waals surface area contributed by atoms with Crippen LogP contribution in [-0.4, -0.2) is 39.9 Å². The predicted molar refractivity (Wildman–Crippen MR) is 145 cm³/mol. The molecule has 0 saturated carbocycles. The summed E-state index contributed by atoms with van der Waals surface area (Å²) < 4.78 is 5.32. The first-order valence-electron chi connectivity index (χ1n) is 11.9. The van der Waals surface area contributed by atoms with Gasteiger partial charge in [-0.2, -0.15) is 14.9 Å². The summed E-state index contributed by atoms with van der Waals surface area (Å²) in [6.45, 7) is 4.32. The minimum atomic E-state index is -0.164. The van der Waals surface area contributed by atoms with E-state index in [1.54, 1.807) is 40.4 Å². The molecule has 9 nitrogen and oxygen atoms in total. The van der Waals surface area contributed by atoms with Crippen molar-refractivity contribution in [2.75, 3.05) is 29.4 Å². The number of aromatic nitrogens is 4. The highest BCUT2D eigenvalue weighted by molar-refractivity contribution is 6.33. The van der Waals surface area contributed by atoms with E-state index in [2.05, 4.69) is 35.3 Å². The van der Waals surface area contributed by atoms with E-state index in [4.69, 9.17) is 21.3 Å². The third kappa shape index (κ3) is 4.82. The van der Waals surface area contributed by atoms with Crippen molar-refractivity contribution in [3.05, 3.63) is 77.7 Å². The SMILES string of the molecule is COc1cnn(N(c2ccccc2)c2nc(Nc3ccc4c(c3)C(C)(C)CCC(=O)N4C)ncc2Cl)c1. The normalized spacial score (nSPS) is 14.6. The van der Waals surface area contributed by atoms with Crippen LogP contribution < -0.4 is 20.0 Å². The lowest BCUT2D eigenvalue weighted by atomic mass is 9.80. The first-order valence-corrected chi connectivity index (χ1v) is 12.3. The highest BCUT2D eigenvalue weighted by atomic mass is 35.5. The molecule has 190 valence electrons. The van der Waals surface area contributed by atoms with Crippen molar-refractivity contribution in [3.63, 3.8) is 0 Å². The molecule has 4 aromatic rings. The molecule has 0 atom stereocenters. The molecule has 1 N–H and O–H groups in total. The van der Waals surface area contributed by atoms with Gasteiger partial charge in [-0.25, -0.2) is 9.99 Å². The summed E-state index contributed by atoms with van der Waals surface area (Å²) >= 11 is 6.61. The van der Waals surface area contributed by atoms with E-state index in [0.29, 0.717) is 29.0 Å². The lowest BCUT2D eigenvalue weighted by Crippen LogP contribution is -2.26. The molecule has 0 saturated heterocycles. The number of hydrogen-bond acceptors (Lipinski definition) is 7. The van der Waals surface area contributed by atoms with Crippen molar-refractivity contribution in [1.29, 1.82) is 0 Å². The summed E-state index contributed by atoms with van der Waals surface area (Å²) in [6.07, 6.45) is 6.20. The van der Waals surface area contributed by atoms with Gasteiger partial charge < -0.3 is 15.0 Å². The fourth-order valence-corrected chi connectivity index (χ4v) is 4.59. The summed E-state index contributed by atoms with van der Waals surface area (Å²) in [5, 5.41) is 9.87. The number of anilines is 5. The molecule has 2 aromatic heterocycles. The van der Waals surface area contributed by atoms with Crippen LogP contribution in [0.4, 0.5) is 28.8 Å². The Balaban J connectivity index is 1.53. The van der Waals surface area contributed by atoms with Crippen LogP contribution >= 0.6 is 11.6 Å². The lowest BCUT2D eigenvalue weighted by Gasteiger charge is -2.27. The van der Waals surface area contributed by atoms with Crippen LogP contribution in [0.2, 0.25) is 5.02 Å². The largest absolute Gasteiger partial charge is 0.493 e. The van der Waals surface area contributed by atoms with Crippen molar-refractivity contribution in [1.82, 2.24) is 19.9 Å². The van der Waals surface area contributed by atoms with Crippen LogP contribution in [0, 0.1) is 0 Å². The van der Waals surface area contributed by atoms with E-state index in [9.17, 15) is 4.79 Å². The number of para-hydroxylation sites is 1. The van der Waals surface area contributed by atoms with Crippen LogP contribution in [0.1, 0.15) is 32.3 Å². The predicted octanol–water partition coefficient (Wildman–Crippen LogP) is 5.71. The summed E-state index contributed by atoms with van der Waals surface area (Å²) in [7, 11) is 3.41. The Labute approximate surface area is 220 Å². The fourth-order valence-electron chi connectivity index (χ4n) is 4.42. The van der Waals surface area contributed by atoms with Gasteiger partial charge in [-0.05, 0) is 47.7 Å². The molecule has 0 spiro atoms. The minimum Gasteiger partial charge on any atom is -0.493 e. The number of carbonyl (C=O) groups is 1. The summed E-state index contributed by atoms with van der Waals surface area (Å²) in [5.41, 5.74) is 3.46. The number of halogens is 1. The van der Waals surface area contributed by atoms with Crippen molar-refractivity contribution >= 4 is 46.3 Å². The van der Waals surface area contributed by atoms with Crippen molar-refractivity contribution in [2.24, 2.45) is 0 Å². The molecule has 37 heavy (non-hydrogen) atoms. The van der Waals surface area contributed by atoms with Gasteiger partial charge in [-0.1, -0.05) is 43.6 Å². The van der Waals surface area contributed by atoms with E-state index in [1.165, 1.54) is 0 Å². The zero-order valence-electron chi connectivity index (χ0n) is 21.1. The van der Waals surface area contributed by atoms with Crippen LogP contribution in [0.15, 0.2) is 67.1 Å². The topological polar surface area (TPSA) is 88.4 Å². The molecule has 1 amide bonds. The summed E-state index contributed by atoms with van der Waals surface area (Å²) in [6, 6.07) is 15.6. The van der Waals surface area contributed by atoms with Gasteiger partial charge >= 0.3 is 0 Å². The Kier molecular flexibility index (Phi) is 6.47. The third-order valence-electron chi connectivity index (χ3n) is 6.59. The van der Waals surface area contributed by atoms with Gasteiger partial charge in [0.05, 0.1) is 31.4 Å². The van der Waals surface area contributed by atoms with Crippen molar-refractivity contribution < 1.29 is 9.53 Å². The molecule has 2 aromatic carbocycles. The molecule has 3 heterocycles. The van der Waals surface area contributed by atoms with Gasteiger partial charge in [0.1, 0.15) is 5.02 Å². The van der Waals surface area contributed by atoms with E-state index in [0.717, 1.165) is 29.0 Å². The number of ether oxygens (including phenoxy) is 1. The number of nitrogens with zero attached hydrogens (tertiary/aromatic N) is 6.